The second-order valence-corrected chi connectivity index (χ2v) is 5.75. The summed E-state index contributed by atoms with van der Waals surface area (Å²) in [5, 5.41) is 0. The Labute approximate surface area is 162 Å². The van der Waals surface area contributed by atoms with Crippen LogP contribution in [0, 0.1) is 5.82 Å². The van der Waals surface area contributed by atoms with Gasteiger partial charge in [0.05, 0.1) is 17.8 Å². The van der Waals surface area contributed by atoms with Crippen LogP contribution in [0.3, 0.4) is 0 Å². The molecule has 0 radical (unpaired) electrons. The predicted molar refractivity (Wildman–Crippen MR) is 106 cm³/mol. The normalized spacial score (nSPS) is 11.7. The molecule has 0 spiro atoms. The number of allylic oxidation sites excluding steroid dienone is 2. The second kappa shape index (κ2) is 9.89. The number of halogens is 1. The van der Waals surface area contributed by atoms with Gasteiger partial charge < -0.3 is 4.90 Å². The van der Waals surface area contributed by atoms with E-state index in [-0.39, 0.29) is 12.5 Å². The largest absolute Gasteiger partial charge is 0.302 e. The molecule has 0 bridgehead atoms. The molecule has 0 atom stereocenters. The summed E-state index contributed by atoms with van der Waals surface area (Å²) in [6, 6.07) is 8.91. The molecule has 0 aliphatic carbocycles. The molecule has 0 aliphatic rings. The van der Waals surface area contributed by atoms with Crippen molar-refractivity contribution >= 4 is 24.2 Å². The number of anilines is 1. The summed E-state index contributed by atoms with van der Waals surface area (Å²) in [5.74, 6) is 3.79. The van der Waals surface area contributed by atoms with E-state index in [1.807, 2.05) is 5.43 Å². The van der Waals surface area contributed by atoms with Gasteiger partial charge in [0, 0.05) is 23.7 Å². The first-order chi connectivity index (χ1) is 13.5. The van der Waals surface area contributed by atoms with E-state index in [0.29, 0.717) is 22.5 Å². The molecule has 0 saturated carbocycles. The Morgan fingerprint density at radius 2 is 2.11 bits per heavy atom. The van der Waals surface area contributed by atoms with E-state index in [1.54, 1.807) is 37.4 Å². The molecule has 2 aromatic rings. The zero-order valence-electron chi connectivity index (χ0n) is 15.3. The van der Waals surface area contributed by atoms with Crippen LogP contribution in [0.2, 0.25) is 0 Å². The van der Waals surface area contributed by atoms with E-state index in [2.05, 4.69) is 16.7 Å². The van der Waals surface area contributed by atoms with Gasteiger partial charge in [-0.2, -0.15) is 0 Å². The van der Waals surface area contributed by atoms with Crippen LogP contribution in [-0.2, 0) is 4.79 Å². The second-order valence-electron chi connectivity index (χ2n) is 5.75. The summed E-state index contributed by atoms with van der Waals surface area (Å²) in [6.07, 6.45) is 6.02. The average molecular weight is 381 g/mol. The number of hydrogen-bond donors (Lipinski definition) is 2. The van der Waals surface area contributed by atoms with E-state index in [0.717, 1.165) is 0 Å². The summed E-state index contributed by atoms with van der Waals surface area (Å²) in [7, 11) is 0. The average Bonchev–Trinajstić information content (AvgIpc) is 2.73. The topological polar surface area (TPSA) is 101 Å². The quantitative estimate of drug-likeness (QED) is 0.192. The third kappa shape index (κ3) is 5.42. The molecule has 0 fully saturated rings. The van der Waals surface area contributed by atoms with E-state index in [1.165, 1.54) is 35.4 Å². The van der Waals surface area contributed by atoms with Gasteiger partial charge in [-0.15, -0.1) is 0 Å². The molecule has 2 rings (SSSR count). The van der Waals surface area contributed by atoms with Gasteiger partial charge in [-0.1, -0.05) is 12.1 Å². The molecule has 0 unspecified atom stereocenters. The van der Waals surface area contributed by atoms with E-state index in [4.69, 9.17) is 5.84 Å². The van der Waals surface area contributed by atoms with Crippen LogP contribution in [0.5, 0.6) is 0 Å². The fourth-order valence-electron chi connectivity index (χ4n) is 2.30. The Hall–Kier alpha value is -3.65. The lowest BCUT2D eigenvalue weighted by Crippen LogP contribution is -2.33. The van der Waals surface area contributed by atoms with Gasteiger partial charge in [-0.3, -0.25) is 25.0 Å². The first-order valence-corrected chi connectivity index (χ1v) is 8.29. The minimum atomic E-state index is -0.478. The Morgan fingerprint density at radius 3 is 2.71 bits per heavy atom. The lowest BCUT2D eigenvalue weighted by atomic mass is 10.2. The van der Waals surface area contributed by atoms with Gasteiger partial charge in [0.15, 0.2) is 0 Å². The zero-order chi connectivity index (χ0) is 20.5. The third-order valence-electron chi connectivity index (χ3n) is 3.81. The summed E-state index contributed by atoms with van der Waals surface area (Å²) in [5.41, 5.74) is 3.45. The molecule has 1 aromatic carbocycles. The highest BCUT2D eigenvalue weighted by molar-refractivity contribution is 6.06. The number of aromatic nitrogens is 1. The third-order valence-corrected chi connectivity index (χ3v) is 3.81. The molecule has 3 N–H and O–H groups in total. The number of carbonyl (C=O) groups excluding carboxylic acids is 2. The fourth-order valence-corrected chi connectivity index (χ4v) is 2.30. The maximum Gasteiger partial charge on any atom is 0.260 e. The van der Waals surface area contributed by atoms with Crippen LogP contribution < -0.4 is 16.2 Å². The summed E-state index contributed by atoms with van der Waals surface area (Å²) in [4.78, 5) is 33.7. The molecule has 28 heavy (non-hydrogen) atoms. The predicted octanol–water partition coefficient (Wildman–Crippen LogP) is 2.39. The molecule has 2 amide bonds. The molecule has 144 valence electrons. The highest BCUT2D eigenvalue weighted by atomic mass is 19.1. The smallest absolute Gasteiger partial charge is 0.260 e. The van der Waals surface area contributed by atoms with Crippen molar-refractivity contribution in [1.82, 2.24) is 10.4 Å². The molecule has 0 aliphatic heterocycles. The molecule has 1 aromatic heterocycles. The van der Waals surface area contributed by atoms with E-state index >= 15 is 0 Å². The Kier molecular flexibility index (Phi) is 7.29. The van der Waals surface area contributed by atoms with Gasteiger partial charge in [-0.25, -0.2) is 10.2 Å². The van der Waals surface area contributed by atoms with Crippen LogP contribution in [0.1, 0.15) is 17.3 Å². The number of benzene rings is 1. The number of aliphatic imine (C=N–C) groups is 1. The van der Waals surface area contributed by atoms with Crippen LogP contribution >= 0.6 is 0 Å². The van der Waals surface area contributed by atoms with Gasteiger partial charge in [-0.05, 0) is 50.0 Å². The highest BCUT2D eigenvalue weighted by Crippen LogP contribution is 2.20. The molecular weight excluding hydrogens is 361 g/mol. The number of nitrogens with zero attached hydrogens (tertiary/aromatic N) is 3. The molecule has 1 heterocycles. The lowest BCUT2D eigenvalue weighted by molar-refractivity contribution is -0.117. The highest BCUT2D eigenvalue weighted by Gasteiger charge is 2.19. The standard InChI is InChI=1S/C20H20FN5O2/c1-14(19(27)25-22)8-9-17(23-2)13-26(18-7-3-6-16(21)11-18)20(28)15-5-4-10-24-12-15/h3-12H,2,13,22H2,1H3,(H,25,27)/b14-8+,17-9-. The number of amides is 2. The zero-order valence-corrected chi connectivity index (χ0v) is 15.3. The molecule has 8 heteroatoms. The van der Waals surface area contributed by atoms with Crippen LogP contribution in [0.15, 0.2) is 77.2 Å². The van der Waals surface area contributed by atoms with E-state index in [9.17, 15) is 14.0 Å². The molecule has 7 nitrogen and oxygen atoms in total. The van der Waals surface area contributed by atoms with Crippen molar-refractivity contribution in [3.05, 3.63) is 83.6 Å². The number of carbonyl (C=O) groups is 2. The Balaban J connectivity index is 2.40. The number of nitrogens with two attached hydrogens (primary N) is 1. The van der Waals surface area contributed by atoms with Crippen molar-refractivity contribution in [3.8, 4) is 0 Å². The summed E-state index contributed by atoms with van der Waals surface area (Å²) >= 11 is 0. The van der Waals surface area contributed by atoms with Crippen LogP contribution in [0.25, 0.3) is 0 Å². The van der Waals surface area contributed by atoms with Crippen molar-refractivity contribution < 1.29 is 14.0 Å². The van der Waals surface area contributed by atoms with Crippen molar-refractivity contribution in [2.24, 2.45) is 10.8 Å². The SMILES string of the molecule is C=N/C(=C\C=C(/C)C(=O)NN)CN(C(=O)c1cccnc1)c1cccc(F)c1. The van der Waals surface area contributed by atoms with Crippen molar-refractivity contribution in [1.29, 1.82) is 0 Å². The lowest BCUT2D eigenvalue weighted by Gasteiger charge is -2.23. The van der Waals surface area contributed by atoms with E-state index < -0.39 is 11.7 Å². The number of rotatable bonds is 7. The monoisotopic (exact) mass is 381 g/mol. The van der Waals surface area contributed by atoms with Crippen LogP contribution in [-0.4, -0.2) is 30.1 Å². The minimum Gasteiger partial charge on any atom is -0.302 e. The minimum absolute atomic E-state index is 0.00864. The van der Waals surface area contributed by atoms with Gasteiger partial charge in [0.2, 0.25) is 0 Å². The number of hydrazine groups is 1. The Bertz CT molecular complexity index is 925. The summed E-state index contributed by atoms with van der Waals surface area (Å²) in [6.45, 7) is 5.09. The van der Waals surface area contributed by atoms with Gasteiger partial charge >= 0.3 is 0 Å². The first-order valence-electron chi connectivity index (χ1n) is 8.29. The maximum atomic E-state index is 13.7. The number of nitrogens with one attached hydrogen (secondary N) is 1. The van der Waals surface area contributed by atoms with Gasteiger partial charge in [0.25, 0.3) is 11.8 Å². The van der Waals surface area contributed by atoms with Crippen molar-refractivity contribution in [3.63, 3.8) is 0 Å². The number of hydrogen-bond acceptors (Lipinski definition) is 5. The van der Waals surface area contributed by atoms with Gasteiger partial charge in [0.1, 0.15) is 5.82 Å². The first kappa shape index (κ1) is 20.7. The van der Waals surface area contributed by atoms with Crippen LogP contribution in [0.4, 0.5) is 10.1 Å². The maximum absolute atomic E-state index is 13.7. The van der Waals surface area contributed by atoms with Crippen molar-refractivity contribution in [2.45, 2.75) is 6.92 Å². The molecule has 0 saturated heterocycles. The summed E-state index contributed by atoms with van der Waals surface area (Å²) < 4.78 is 13.7. The molecular formula is C20H20FN5O2. The number of pyridine rings is 1. The Morgan fingerprint density at radius 1 is 1.32 bits per heavy atom. The fraction of sp³-hybridized carbons (Fsp3) is 0.100. The van der Waals surface area contributed by atoms with Crippen molar-refractivity contribution in [2.75, 3.05) is 11.4 Å².